The molecule has 0 aliphatic carbocycles. The van der Waals surface area contributed by atoms with Crippen LogP contribution in [0.25, 0.3) is 0 Å². The van der Waals surface area contributed by atoms with Gasteiger partial charge < -0.3 is 5.73 Å². The highest BCUT2D eigenvalue weighted by molar-refractivity contribution is 8.76. The number of hydrogen-bond acceptors (Lipinski definition) is 4. The molecule has 0 spiro atoms. The lowest BCUT2D eigenvalue weighted by Gasteiger charge is -2.05. The van der Waals surface area contributed by atoms with Gasteiger partial charge in [0.1, 0.15) is 5.78 Å². The van der Waals surface area contributed by atoms with Crippen molar-refractivity contribution in [3.63, 3.8) is 0 Å². The Morgan fingerprint density at radius 2 is 2.00 bits per heavy atom. The first kappa shape index (κ1) is 12.8. The van der Waals surface area contributed by atoms with Crippen molar-refractivity contribution in [2.45, 2.75) is 20.3 Å². The number of amides is 1. The molecule has 0 radical (unpaired) electrons. The van der Waals surface area contributed by atoms with Crippen LogP contribution in [0.3, 0.4) is 0 Å². The maximum absolute atomic E-state index is 10.8. The van der Waals surface area contributed by atoms with Crippen molar-refractivity contribution in [1.29, 1.82) is 0 Å². The van der Waals surface area contributed by atoms with Gasteiger partial charge in [0.2, 0.25) is 5.91 Å². The first-order chi connectivity index (χ1) is 6.04. The summed E-state index contributed by atoms with van der Waals surface area (Å²) in [6.45, 7) is 3.50. The van der Waals surface area contributed by atoms with Gasteiger partial charge in [0.05, 0.1) is 0 Å². The monoisotopic (exact) mass is 221 g/mol. The van der Waals surface area contributed by atoms with E-state index in [0.717, 1.165) is 11.5 Å². The van der Waals surface area contributed by atoms with Crippen LogP contribution in [0.2, 0.25) is 0 Å². The summed E-state index contributed by atoms with van der Waals surface area (Å²) < 4.78 is 0. The summed E-state index contributed by atoms with van der Waals surface area (Å²) in [5.74, 6) is 1.57. The Morgan fingerprint density at radius 1 is 1.38 bits per heavy atom. The number of nitrogens with two attached hydrogens (primary N) is 1. The van der Waals surface area contributed by atoms with Crippen molar-refractivity contribution in [3.05, 3.63) is 0 Å². The highest BCUT2D eigenvalue weighted by Gasteiger charge is 2.07. The van der Waals surface area contributed by atoms with E-state index in [1.54, 1.807) is 28.5 Å². The number of ketones is 1. The molecular weight excluding hydrogens is 206 g/mol. The summed E-state index contributed by atoms with van der Waals surface area (Å²) in [6.07, 6.45) is 0.409. The normalized spacial score (nSPS) is 12.5. The molecule has 0 bridgehead atoms. The van der Waals surface area contributed by atoms with Gasteiger partial charge in [0.25, 0.3) is 0 Å². The van der Waals surface area contributed by atoms with Crippen LogP contribution in [-0.2, 0) is 9.59 Å². The highest BCUT2D eigenvalue weighted by Crippen LogP contribution is 2.24. The minimum Gasteiger partial charge on any atom is -0.370 e. The summed E-state index contributed by atoms with van der Waals surface area (Å²) in [6, 6.07) is 0. The lowest BCUT2D eigenvalue weighted by Crippen LogP contribution is -2.11. The second-order valence-corrected chi connectivity index (χ2v) is 5.46. The van der Waals surface area contributed by atoms with Crippen LogP contribution in [0.5, 0.6) is 0 Å². The number of primary amides is 1. The fourth-order valence-electron chi connectivity index (χ4n) is 0.469. The maximum Gasteiger partial charge on any atom is 0.218 e. The maximum atomic E-state index is 10.8. The van der Waals surface area contributed by atoms with Gasteiger partial charge in [-0.2, -0.15) is 0 Å². The lowest BCUT2D eigenvalue weighted by atomic mass is 10.1. The van der Waals surface area contributed by atoms with Gasteiger partial charge in [0, 0.05) is 23.8 Å². The fourth-order valence-corrected chi connectivity index (χ4v) is 2.91. The molecule has 0 aliphatic heterocycles. The molecular formula is C8H15NO2S2. The third kappa shape index (κ3) is 8.18. The van der Waals surface area contributed by atoms with E-state index in [4.69, 9.17) is 5.73 Å². The number of rotatable bonds is 7. The van der Waals surface area contributed by atoms with Crippen molar-refractivity contribution in [2.75, 3.05) is 11.5 Å². The Hall–Kier alpha value is -0.160. The van der Waals surface area contributed by atoms with Crippen molar-refractivity contribution in [2.24, 2.45) is 11.7 Å². The molecule has 0 aromatic carbocycles. The largest absolute Gasteiger partial charge is 0.370 e. The topological polar surface area (TPSA) is 60.2 Å². The van der Waals surface area contributed by atoms with Crippen LogP contribution in [0.15, 0.2) is 0 Å². The zero-order valence-electron chi connectivity index (χ0n) is 7.91. The molecule has 0 unspecified atom stereocenters. The zero-order chi connectivity index (χ0) is 10.3. The Bertz CT molecular complexity index is 185. The van der Waals surface area contributed by atoms with Crippen LogP contribution in [0, 0.1) is 5.92 Å². The molecule has 3 nitrogen and oxygen atoms in total. The van der Waals surface area contributed by atoms with Gasteiger partial charge in [-0.1, -0.05) is 28.5 Å². The van der Waals surface area contributed by atoms with Crippen molar-refractivity contribution in [1.82, 2.24) is 0 Å². The predicted molar refractivity (Wildman–Crippen MR) is 58.6 cm³/mol. The molecule has 0 aromatic rings. The summed E-state index contributed by atoms with van der Waals surface area (Å²) >= 11 is 0. The molecule has 5 heteroatoms. The summed E-state index contributed by atoms with van der Waals surface area (Å²) in [7, 11) is 3.21. The number of Topliss-reactive ketones (excluding diaryl/α,β-unsaturated/α-hetero) is 1. The lowest BCUT2D eigenvalue weighted by molar-refractivity contribution is -0.119. The Labute approximate surface area is 86.6 Å². The predicted octanol–water partition coefficient (Wildman–Crippen LogP) is 1.47. The molecule has 0 saturated heterocycles. The summed E-state index contributed by atoms with van der Waals surface area (Å²) in [5, 5.41) is 0. The molecule has 2 N–H and O–H groups in total. The number of carbonyl (C=O) groups excluding carboxylic acids is 2. The van der Waals surface area contributed by atoms with E-state index in [0.29, 0.717) is 6.42 Å². The quantitative estimate of drug-likeness (QED) is 0.522. The van der Waals surface area contributed by atoms with E-state index < -0.39 is 0 Å². The molecule has 0 aliphatic rings. The molecule has 1 amide bonds. The van der Waals surface area contributed by atoms with Gasteiger partial charge in [0.15, 0.2) is 0 Å². The molecule has 0 heterocycles. The molecule has 76 valence electrons. The highest BCUT2D eigenvalue weighted by atomic mass is 33.1. The van der Waals surface area contributed by atoms with E-state index in [9.17, 15) is 9.59 Å². The first-order valence-electron chi connectivity index (χ1n) is 4.07. The first-order valence-corrected chi connectivity index (χ1v) is 6.56. The molecule has 0 aromatic heterocycles. The van der Waals surface area contributed by atoms with Crippen molar-refractivity contribution >= 4 is 33.3 Å². The van der Waals surface area contributed by atoms with Crippen molar-refractivity contribution < 1.29 is 9.59 Å². The average Bonchev–Trinajstić information content (AvgIpc) is 2.02. The molecule has 0 rings (SSSR count). The Kier molecular flexibility index (Phi) is 7.17. The SMILES string of the molecule is CC(=O)[C@@H](C)CSSCCC(N)=O. The molecule has 13 heavy (non-hydrogen) atoms. The third-order valence-electron chi connectivity index (χ3n) is 1.53. The fraction of sp³-hybridized carbons (Fsp3) is 0.750. The smallest absolute Gasteiger partial charge is 0.218 e. The third-order valence-corrected chi connectivity index (χ3v) is 4.11. The van der Waals surface area contributed by atoms with Gasteiger partial charge in [-0.05, 0) is 6.92 Å². The second-order valence-electron chi connectivity index (χ2n) is 2.83. The Balaban J connectivity index is 3.26. The molecule has 0 saturated carbocycles. The van der Waals surface area contributed by atoms with Crippen LogP contribution in [0.1, 0.15) is 20.3 Å². The van der Waals surface area contributed by atoms with Gasteiger partial charge >= 0.3 is 0 Å². The van der Waals surface area contributed by atoms with Gasteiger partial charge in [-0.15, -0.1) is 0 Å². The van der Waals surface area contributed by atoms with Gasteiger partial charge in [-0.25, -0.2) is 0 Å². The second kappa shape index (κ2) is 7.26. The van der Waals surface area contributed by atoms with E-state index in [-0.39, 0.29) is 17.6 Å². The van der Waals surface area contributed by atoms with Crippen LogP contribution in [0.4, 0.5) is 0 Å². The number of carbonyl (C=O) groups is 2. The van der Waals surface area contributed by atoms with Gasteiger partial charge in [-0.3, -0.25) is 9.59 Å². The van der Waals surface area contributed by atoms with E-state index in [1.807, 2.05) is 6.92 Å². The minimum absolute atomic E-state index is 0.103. The summed E-state index contributed by atoms with van der Waals surface area (Å²) in [5.41, 5.74) is 4.97. The molecule has 0 fully saturated rings. The van der Waals surface area contributed by atoms with E-state index >= 15 is 0 Å². The van der Waals surface area contributed by atoms with Crippen LogP contribution >= 0.6 is 21.6 Å². The number of hydrogen-bond donors (Lipinski definition) is 1. The molecule has 1 atom stereocenters. The van der Waals surface area contributed by atoms with Crippen LogP contribution < -0.4 is 5.73 Å². The van der Waals surface area contributed by atoms with E-state index in [2.05, 4.69) is 0 Å². The van der Waals surface area contributed by atoms with Crippen LogP contribution in [-0.4, -0.2) is 23.2 Å². The van der Waals surface area contributed by atoms with E-state index in [1.165, 1.54) is 0 Å². The Morgan fingerprint density at radius 3 is 2.46 bits per heavy atom. The summed E-state index contributed by atoms with van der Waals surface area (Å²) in [4.78, 5) is 21.2. The minimum atomic E-state index is -0.271. The zero-order valence-corrected chi connectivity index (χ0v) is 9.54. The standard InChI is InChI=1S/C8H15NO2S2/c1-6(7(2)10)5-13-12-4-3-8(9)11/h6H,3-5H2,1-2H3,(H2,9,11)/t6-/m0/s1. The average molecular weight is 221 g/mol. The van der Waals surface area contributed by atoms with Crippen molar-refractivity contribution in [3.8, 4) is 0 Å².